The van der Waals surface area contributed by atoms with Crippen molar-refractivity contribution < 1.29 is 19.0 Å². The summed E-state index contributed by atoms with van der Waals surface area (Å²) < 4.78 is 18.1. The minimum atomic E-state index is -1.32. The first-order valence-corrected chi connectivity index (χ1v) is 5.33. The maximum Gasteiger partial charge on any atom is 0.341 e. The summed E-state index contributed by atoms with van der Waals surface area (Å²) in [4.78, 5) is 24.5. The van der Waals surface area contributed by atoms with Gasteiger partial charge in [-0.15, -0.1) is 0 Å². The Balaban J connectivity index is 2.56. The molecule has 0 bridgehead atoms. The lowest BCUT2D eigenvalue weighted by Crippen LogP contribution is -2.16. The summed E-state index contributed by atoms with van der Waals surface area (Å²) in [6.07, 6.45) is 1.36. The number of aromatic nitrogens is 1. The third-order valence-corrected chi connectivity index (χ3v) is 2.62. The molecule has 5 nitrogen and oxygen atoms in total. The molecule has 0 unspecified atom stereocenters. The fourth-order valence-electron chi connectivity index (χ4n) is 1.65. The average molecular weight is 263 g/mol. The quantitative estimate of drug-likeness (QED) is 0.886. The standard InChI is InChI=1S/C13H10FNO4/c1-19-11-5-7(2-3-10(11)14)8-4-9(13(17)18)12(16)15-6-8/h2-6H,1H3,(H,15,16)(H,17,18). The van der Waals surface area contributed by atoms with Crippen LogP contribution in [0.3, 0.4) is 0 Å². The van der Waals surface area contributed by atoms with Crippen molar-refractivity contribution in [2.75, 3.05) is 7.11 Å². The molecule has 0 spiro atoms. The first-order valence-electron chi connectivity index (χ1n) is 5.33. The number of aromatic amines is 1. The van der Waals surface area contributed by atoms with Crippen LogP contribution in [0.5, 0.6) is 5.75 Å². The number of nitrogens with one attached hydrogen (secondary N) is 1. The second-order valence-electron chi connectivity index (χ2n) is 3.79. The first-order chi connectivity index (χ1) is 9.02. The number of ether oxygens (including phenoxy) is 1. The second kappa shape index (κ2) is 4.93. The zero-order valence-electron chi connectivity index (χ0n) is 9.94. The smallest absolute Gasteiger partial charge is 0.341 e. The minimum absolute atomic E-state index is 0.0422. The van der Waals surface area contributed by atoms with E-state index in [-0.39, 0.29) is 11.3 Å². The van der Waals surface area contributed by atoms with Gasteiger partial charge in [-0.05, 0) is 29.3 Å². The van der Waals surface area contributed by atoms with Gasteiger partial charge in [-0.3, -0.25) is 4.79 Å². The molecule has 0 aliphatic heterocycles. The number of hydrogen-bond donors (Lipinski definition) is 2. The average Bonchev–Trinajstić information content (AvgIpc) is 2.39. The van der Waals surface area contributed by atoms with Crippen molar-refractivity contribution in [1.29, 1.82) is 0 Å². The topological polar surface area (TPSA) is 79.4 Å². The van der Waals surface area contributed by atoms with E-state index in [2.05, 4.69) is 4.98 Å². The Labute approximate surface area is 107 Å². The maximum absolute atomic E-state index is 13.3. The Bertz CT molecular complexity index is 693. The molecule has 0 saturated heterocycles. The summed E-state index contributed by atoms with van der Waals surface area (Å²) in [5, 5.41) is 8.88. The van der Waals surface area contributed by atoms with E-state index in [0.717, 1.165) is 0 Å². The van der Waals surface area contributed by atoms with E-state index in [1.807, 2.05) is 0 Å². The van der Waals surface area contributed by atoms with Gasteiger partial charge in [0.25, 0.3) is 5.56 Å². The van der Waals surface area contributed by atoms with Gasteiger partial charge in [0.2, 0.25) is 0 Å². The van der Waals surface area contributed by atoms with Crippen LogP contribution in [0.15, 0.2) is 35.3 Å². The largest absolute Gasteiger partial charge is 0.494 e. The van der Waals surface area contributed by atoms with Crippen LogP contribution in [-0.2, 0) is 0 Å². The lowest BCUT2D eigenvalue weighted by atomic mass is 10.1. The zero-order chi connectivity index (χ0) is 14.0. The van der Waals surface area contributed by atoms with Crippen molar-refractivity contribution in [2.24, 2.45) is 0 Å². The van der Waals surface area contributed by atoms with Crippen LogP contribution in [-0.4, -0.2) is 23.2 Å². The van der Waals surface area contributed by atoms with E-state index in [4.69, 9.17) is 9.84 Å². The van der Waals surface area contributed by atoms with E-state index < -0.39 is 17.3 Å². The fourth-order valence-corrected chi connectivity index (χ4v) is 1.65. The first kappa shape index (κ1) is 12.8. The van der Waals surface area contributed by atoms with Gasteiger partial charge < -0.3 is 14.8 Å². The van der Waals surface area contributed by atoms with Crippen molar-refractivity contribution >= 4 is 5.97 Å². The molecule has 2 rings (SSSR count). The Morgan fingerprint density at radius 2 is 2.05 bits per heavy atom. The van der Waals surface area contributed by atoms with Crippen molar-refractivity contribution in [3.05, 3.63) is 52.2 Å². The van der Waals surface area contributed by atoms with Gasteiger partial charge in [-0.2, -0.15) is 0 Å². The van der Waals surface area contributed by atoms with Crippen LogP contribution in [0, 0.1) is 5.82 Å². The number of carboxylic acids is 1. The summed E-state index contributed by atoms with van der Waals surface area (Å²) in [6.45, 7) is 0. The maximum atomic E-state index is 13.3. The van der Waals surface area contributed by atoms with Crippen molar-refractivity contribution in [2.45, 2.75) is 0 Å². The fraction of sp³-hybridized carbons (Fsp3) is 0.0769. The van der Waals surface area contributed by atoms with Gasteiger partial charge in [0.05, 0.1) is 7.11 Å². The van der Waals surface area contributed by atoms with Crippen LogP contribution in [0.2, 0.25) is 0 Å². The van der Waals surface area contributed by atoms with E-state index in [9.17, 15) is 14.0 Å². The number of benzene rings is 1. The van der Waals surface area contributed by atoms with Crippen molar-refractivity contribution in [1.82, 2.24) is 4.98 Å². The molecule has 1 heterocycles. The molecule has 0 aliphatic rings. The van der Waals surface area contributed by atoms with E-state index in [1.54, 1.807) is 0 Å². The molecule has 0 amide bonds. The normalized spacial score (nSPS) is 10.2. The van der Waals surface area contributed by atoms with Crippen molar-refractivity contribution in [3.8, 4) is 16.9 Å². The Hall–Kier alpha value is -2.63. The number of pyridine rings is 1. The van der Waals surface area contributed by atoms with Crippen LogP contribution >= 0.6 is 0 Å². The molecule has 0 radical (unpaired) electrons. The lowest BCUT2D eigenvalue weighted by molar-refractivity contribution is 0.0695. The van der Waals surface area contributed by atoms with Crippen LogP contribution in [0.4, 0.5) is 4.39 Å². The van der Waals surface area contributed by atoms with Gasteiger partial charge in [0.1, 0.15) is 5.56 Å². The van der Waals surface area contributed by atoms with Gasteiger partial charge in [-0.1, -0.05) is 6.07 Å². The number of hydrogen-bond acceptors (Lipinski definition) is 3. The number of carboxylic acid groups (broad SMARTS) is 1. The molecular formula is C13H10FNO4. The minimum Gasteiger partial charge on any atom is -0.494 e. The molecule has 0 saturated carbocycles. The highest BCUT2D eigenvalue weighted by molar-refractivity contribution is 5.88. The lowest BCUT2D eigenvalue weighted by Gasteiger charge is -2.06. The number of carbonyl (C=O) groups is 1. The Morgan fingerprint density at radius 1 is 1.32 bits per heavy atom. The molecule has 1 aromatic carbocycles. The monoisotopic (exact) mass is 263 g/mol. The third kappa shape index (κ3) is 2.47. The number of H-pyrrole nitrogens is 1. The van der Waals surface area contributed by atoms with Gasteiger partial charge >= 0.3 is 5.97 Å². The number of aromatic carboxylic acids is 1. The van der Waals surface area contributed by atoms with Crippen molar-refractivity contribution in [3.63, 3.8) is 0 Å². The second-order valence-corrected chi connectivity index (χ2v) is 3.79. The van der Waals surface area contributed by atoms with E-state index in [0.29, 0.717) is 11.1 Å². The highest BCUT2D eigenvalue weighted by Crippen LogP contribution is 2.25. The molecule has 19 heavy (non-hydrogen) atoms. The van der Waals surface area contributed by atoms with Crippen LogP contribution in [0.25, 0.3) is 11.1 Å². The third-order valence-electron chi connectivity index (χ3n) is 2.62. The molecular weight excluding hydrogens is 253 g/mol. The predicted molar refractivity (Wildman–Crippen MR) is 66.0 cm³/mol. The van der Waals surface area contributed by atoms with Gasteiger partial charge in [0, 0.05) is 6.20 Å². The molecule has 1 aromatic heterocycles. The molecule has 0 fully saturated rings. The van der Waals surface area contributed by atoms with E-state index >= 15 is 0 Å². The van der Waals surface area contributed by atoms with E-state index in [1.165, 1.54) is 37.6 Å². The number of rotatable bonds is 3. The summed E-state index contributed by atoms with van der Waals surface area (Å²) in [5.41, 5.74) is -0.0709. The van der Waals surface area contributed by atoms with Gasteiger partial charge in [0.15, 0.2) is 11.6 Å². The van der Waals surface area contributed by atoms with Crippen LogP contribution in [0.1, 0.15) is 10.4 Å². The molecule has 0 aliphatic carbocycles. The summed E-state index contributed by atoms with van der Waals surface area (Å²) in [5.74, 6) is -1.80. The highest BCUT2D eigenvalue weighted by atomic mass is 19.1. The molecule has 6 heteroatoms. The highest BCUT2D eigenvalue weighted by Gasteiger charge is 2.11. The Morgan fingerprint density at radius 3 is 2.68 bits per heavy atom. The summed E-state index contributed by atoms with van der Waals surface area (Å²) in [6, 6.07) is 5.33. The Kier molecular flexibility index (Phi) is 3.33. The summed E-state index contributed by atoms with van der Waals surface area (Å²) >= 11 is 0. The predicted octanol–water partition coefficient (Wildman–Crippen LogP) is 1.89. The SMILES string of the molecule is COc1cc(-c2c[nH]c(=O)c(C(=O)O)c2)ccc1F. The van der Waals surface area contributed by atoms with Gasteiger partial charge in [-0.25, -0.2) is 9.18 Å². The molecule has 2 aromatic rings. The number of halogens is 1. The zero-order valence-corrected chi connectivity index (χ0v) is 9.94. The summed E-state index contributed by atoms with van der Waals surface area (Å²) in [7, 11) is 1.33. The number of methoxy groups -OCH3 is 1. The molecule has 0 atom stereocenters. The molecule has 2 N–H and O–H groups in total. The molecule has 98 valence electrons. The van der Waals surface area contributed by atoms with Crippen LogP contribution < -0.4 is 10.3 Å².